The topological polar surface area (TPSA) is 35.2 Å². The molecule has 0 amide bonds. The zero-order valence-electron chi connectivity index (χ0n) is 5.93. The van der Waals surface area contributed by atoms with E-state index in [1.54, 1.807) is 7.11 Å². The minimum absolute atomic E-state index is 0.806. The van der Waals surface area contributed by atoms with E-state index in [1.165, 1.54) is 5.75 Å². The van der Waals surface area contributed by atoms with Crippen molar-refractivity contribution < 1.29 is 4.74 Å². The molecule has 0 aliphatic rings. The molecule has 0 aliphatic heterocycles. The summed E-state index contributed by atoms with van der Waals surface area (Å²) in [5, 5.41) is 0. The minimum atomic E-state index is 0.806. The van der Waals surface area contributed by atoms with Gasteiger partial charge < -0.3 is 10.5 Å². The Bertz CT molecular complexity index is 46.3. The first-order valence-electron chi connectivity index (χ1n) is 3.18. The Balaban J connectivity index is 2.60. The molecule has 0 fully saturated rings. The summed E-state index contributed by atoms with van der Waals surface area (Å²) >= 11 is 1.90. The van der Waals surface area contributed by atoms with Gasteiger partial charge in [-0.25, -0.2) is 0 Å². The number of nitrogens with two attached hydrogens (primary N) is 1. The van der Waals surface area contributed by atoms with Crippen LogP contribution in [0.3, 0.4) is 0 Å². The number of thioether (sulfide) groups is 1. The van der Waals surface area contributed by atoms with Crippen LogP contribution in [-0.4, -0.2) is 31.8 Å². The zero-order valence-corrected chi connectivity index (χ0v) is 6.75. The standard InChI is InChI=1S/C6H15NOS/c1-8-4-6-9-5-2-3-7/h2-7H2,1H3. The number of hydrogen-bond acceptors (Lipinski definition) is 3. The van der Waals surface area contributed by atoms with E-state index >= 15 is 0 Å². The number of hydrogen-bond donors (Lipinski definition) is 1. The molecule has 0 aliphatic carbocycles. The van der Waals surface area contributed by atoms with Crippen LogP contribution in [0.25, 0.3) is 0 Å². The Morgan fingerprint density at radius 1 is 1.44 bits per heavy atom. The van der Waals surface area contributed by atoms with E-state index in [1.807, 2.05) is 11.8 Å². The van der Waals surface area contributed by atoms with Gasteiger partial charge in [0.05, 0.1) is 6.61 Å². The molecule has 0 saturated carbocycles. The third-order valence-corrected chi connectivity index (χ3v) is 1.96. The third kappa shape index (κ3) is 8.27. The Morgan fingerprint density at radius 2 is 2.22 bits per heavy atom. The Hall–Kier alpha value is 0.270. The summed E-state index contributed by atoms with van der Waals surface area (Å²) < 4.78 is 4.87. The van der Waals surface area contributed by atoms with E-state index in [4.69, 9.17) is 10.5 Å². The van der Waals surface area contributed by atoms with Crippen molar-refractivity contribution in [2.75, 3.05) is 31.8 Å². The molecule has 0 heterocycles. The molecule has 56 valence electrons. The van der Waals surface area contributed by atoms with Crippen molar-refractivity contribution in [2.45, 2.75) is 6.42 Å². The van der Waals surface area contributed by atoms with Crippen LogP contribution in [0.15, 0.2) is 0 Å². The Labute approximate surface area is 61.1 Å². The molecule has 0 bridgehead atoms. The second-order valence-corrected chi connectivity index (χ2v) is 2.97. The van der Waals surface area contributed by atoms with E-state index in [0.717, 1.165) is 25.3 Å². The summed E-state index contributed by atoms with van der Waals surface area (Å²) in [7, 11) is 1.73. The SMILES string of the molecule is COCCSCCCN. The summed E-state index contributed by atoms with van der Waals surface area (Å²) in [4.78, 5) is 0. The van der Waals surface area contributed by atoms with Crippen LogP contribution in [0.1, 0.15) is 6.42 Å². The molecule has 0 aromatic rings. The van der Waals surface area contributed by atoms with Crippen molar-refractivity contribution >= 4 is 11.8 Å². The fraction of sp³-hybridized carbons (Fsp3) is 1.00. The molecule has 0 aromatic heterocycles. The lowest BCUT2D eigenvalue weighted by Gasteiger charge is -1.97. The quantitative estimate of drug-likeness (QED) is 0.565. The summed E-state index contributed by atoms with van der Waals surface area (Å²) in [6.45, 7) is 1.66. The predicted molar refractivity (Wildman–Crippen MR) is 42.9 cm³/mol. The maximum atomic E-state index is 5.30. The molecule has 2 N–H and O–H groups in total. The highest BCUT2D eigenvalue weighted by Gasteiger charge is 1.85. The first kappa shape index (κ1) is 9.27. The van der Waals surface area contributed by atoms with Crippen LogP contribution in [-0.2, 0) is 4.74 Å². The second kappa shape index (κ2) is 8.27. The lowest BCUT2D eigenvalue weighted by molar-refractivity contribution is 0.218. The van der Waals surface area contributed by atoms with Gasteiger partial charge in [0.2, 0.25) is 0 Å². The van der Waals surface area contributed by atoms with Gasteiger partial charge in [-0.15, -0.1) is 0 Å². The minimum Gasteiger partial charge on any atom is -0.384 e. The molecular formula is C6H15NOS. The highest BCUT2D eigenvalue weighted by molar-refractivity contribution is 7.99. The van der Waals surface area contributed by atoms with E-state index in [-0.39, 0.29) is 0 Å². The molecule has 0 aromatic carbocycles. The lowest BCUT2D eigenvalue weighted by Crippen LogP contribution is -2.00. The predicted octanol–water partition coefficient (Wildman–Crippen LogP) is 0.715. The molecule has 2 nitrogen and oxygen atoms in total. The van der Waals surface area contributed by atoms with E-state index in [2.05, 4.69) is 0 Å². The van der Waals surface area contributed by atoms with Gasteiger partial charge in [0.25, 0.3) is 0 Å². The van der Waals surface area contributed by atoms with Crippen LogP contribution in [0.2, 0.25) is 0 Å². The van der Waals surface area contributed by atoms with Crippen molar-refractivity contribution in [1.82, 2.24) is 0 Å². The van der Waals surface area contributed by atoms with Gasteiger partial charge in [0.1, 0.15) is 0 Å². The molecule has 0 saturated heterocycles. The maximum Gasteiger partial charge on any atom is 0.0552 e. The fourth-order valence-electron chi connectivity index (χ4n) is 0.430. The van der Waals surface area contributed by atoms with Crippen molar-refractivity contribution in [3.8, 4) is 0 Å². The number of rotatable bonds is 6. The van der Waals surface area contributed by atoms with Crippen LogP contribution < -0.4 is 5.73 Å². The van der Waals surface area contributed by atoms with Gasteiger partial charge in [-0.3, -0.25) is 0 Å². The molecule has 0 unspecified atom stereocenters. The first-order chi connectivity index (χ1) is 4.41. The number of ether oxygens (including phenoxy) is 1. The zero-order chi connectivity index (χ0) is 6.95. The summed E-state index contributed by atoms with van der Waals surface area (Å²) in [5.74, 6) is 2.26. The molecular weight excluding hydrogens is 134 g/mol. The number of methoxy groups -OCH3 is 1. The van der Waals surface area contributed by atoms with Crippen molar-refractivity contribution in [3.63, 3.8) is 0 Å². The summed E-state index contributed by atoms with van der Waals surface area (Å²) in [6.07, 6.45) is 1.12. The van der Waals surface area contributed by atoms with Crippen LogP contribution >= 0.6 is 11.8 Å². The second-order valence-electron chi connectivity index (χ2n) is 1.75. The van der Waals surface area contributed by atoms with Gasteiger partial charge in [-0.05, 0) is 18.7 Å². The van der Waals surface area contributed by atoms with Crippen molar-refractivity contribution in [1.29, 1.82) is 0 Å². The molecule has 0 rings (SSSR count). The monoisotopic (exact) mass is 149 g/mol. The molecule has 0 atom stereocenters. The van der Waals surface area contributed by atoms with Crippen LogP contribution in [0.4, 0.5) is 0 Å². The third-order valence-electron chi connectivity index (χ3n) is 0.925. The van der Waals surface area contributed by atoms with Crippen LogP contribution in [0.5, 0.6) is 0 Å². The highest BCUT2D eigenvalue weighted by atomic mass is 32.2. The molecule has 9 heavy (non-hydrogen) atoms. The normalized spacial score (nSPS) is 10.0. The highest BCUT2D eigenvalue weighted by Crippen LogP contribution is 1.99. The van der Waals surface area contributed by atoms with E-state index in [9.17, 15) is 0 Å². The van der Waals surface area contributed by atoms with Gasteiger partial charge >= 0.3 is 0 Å². The average Bonchev–Trinajstić information content (AvgIpc) is 1.89. The van der Waals surface area contributed by atoms with Gasteiger partial charge in [-0.2, -0.15) is 11.8 Å². The molecule has 0 spiro atoms. The average molecular weight is 149 g/mol. The smallest absolute Gasteiger partial charge is 0.0552 e. The maximum absolute atomic E-state index is 5.30. The van der Waals surface area contributed by atoms with Gasteiger partial charge in [0, 0.05) is 12.9 Å². The Kier molecular flexibility index (Phi) is 8.52. The fourth-order valence-corrected chi connectivity index (χ4v) is 1.29. The first-order valence-corrected chi connectivity index (χ1v) is 4.34. The Morgan fingerprint density at radius 3 is 2.78 bits per heavy atom. The van der Waals surface area contributed by atoms with Crippen LogP contribution in [0, 0.1) is 0 Å². The van der Waals surface area contributed by atoms with Crippen molar-refractivity contribution in [2.24, 2.45) is 5.73 Å². The lowest BCUT2D eigenvalue weighted by atomic mass is 10.5. The van der Waals surface area contributed by atoms with Gasteiger partial charge in [-0.1, -0.05) is 0 Å². The van der Waals surface area contributed by atoms with Gasteiger partial charge in [0.15, 0.2) is 0 Å². The largest absolute Gasteiger partial charge is 0.384 e. The summed E-state index contributed by atoms with van der Waals surface area (Å²) in [5.41, 5.74) is 5.30. The summed E-state index contributed by atoms with van der Waals surface area (Å²) in [6, 6.07) is 0. The van der Waals surface area contributed by atoms with E-state index < -0.39 is 0 Å². The molecule has 0 radical (unpaired) electrons. The molecule has 3 heteroatoms. The van der Waals surface area contributed by atoms with E-state index in [0.29, 0.717) is 0 Å². The van der Waals surface area contributed by atoms with Crippen molar-refractivity contribution in [3.05, 3.63) is 0 Å².